The Balaban J connectivity index is 1.71. The molecule has 0 saturated heterocycles. The summed E-state index contributed by atoms with van der Waals surface area (Å²) in [5.41, 5.74) is 3.94. The van der Waals surface area contributed by atoms with Gasteiger partial charge in [-0.2, -0.15) is 13.2 Å². The standard InChI is InChI=1S/C18H17ClF3N3O3/c1-11-9-13(19)5-6-14(11)28-8-2-3-16(26)24-25-17(27)12-4-7-15(23-10-12)18(20,21)22/h4-7,9-10H,2-3,8H2,1H3,(H,24,26)(H,25,27). The summed E-state index contributed by atoms with van der Waals surface area (Å²) in [4.78, 5) is 26.7. The number of hydrazine groups is 1. The number of rotatable bonds is 6. The van der Waals surface area contributed by atoms with Gasteiger partial charge in [0.2, 0.25) is 5.91 Å². The van der Waals surface area contributed by atoms with Crippen LogP contribution in [0.5, 0.6) is 5.75 Å². The van der Waals surface area contributed by atoms with Crippen molar-refractivity contribution in [2.75, 3.05) is 6.61 Å². The van der Waals surface area contributed by atoms with Crippen molar-refractivity contribution in [2.45, 2.75) is 25.9 Å². The zero-order chi connectivity index (χ0) is 20.7. The number of halogens is 4. The first-order valence-electron chi connectivity index (χ1n) is 8.18. The molecule has 28 heavy (non-hydrogen) atoms. The number of aryl methyl sites for hydroxylation is 1. The van der Waals surface area contributed by atoms with E-state index in [1.807, 2.05) is 6.92 Å². The van der Waals surface area contributed by atoms with E-state index in [0.29, 0.717) is 23.3 Å². The lowest BCUT2D eigenvalue weighted by Gasteiger charge is -2.10. The molecule has 0 aliphatic heterocycles. The molecule has 1 heterocycles. The lowest BCUT2D eigenvalue weighted by molar-refractivity contribution is -0.141. The summed E-state index contributed by atoms with van der Waals surface area (Å²) in [6, 6.07) is 6.85. The number of hydrogen-bond donors (Lipinski definition) is 2. The van der Waals surface area contributed by atoms with E-state index in [9.17, 15) is 22.8 Å². The summed E-state index contributed by atoms with van der Waals surface area (Å²) in [7, 11) is 0. The van der Waals surface area contributed by atoms with Gasteiger partial charge in [0.15, 0.2) is 0 Å². The molecule has 2 aromatic rings. The number of nitrogens with zero attached hydrogens (tertiary/aromatic N) is 1. The largest absolute Gasteiger partial charge is 0.493 e. The smallest absolute Gasteiger partial charge is 0.433 e. The molecular formula is C18H17ClF3N3O3. The highest BCUT2D eigenvalue weighted by Crippen LogP contribution is 2.27. The Bertz CT molecular complexity index is 842. The molecule has 2 amide bonds. The first-order valence-corrected chi connectivity index (χ1v) is 8.56. The highest BCUT2D eigenvalue weighted by molar-refractivity contribution is 6.30. The van der Waals surface area contributed by atoms with E-state index in [4.69, 9.17) is 16.3 Å². The maximum absolute atomic E-state index is 12.4. The lowest BCUT2D eigenvalue weighted by atomic mass is 10.2. The van der Waals surface area contributed by atoms with E-state index in [1.165, 1.54) is 0 Å². The van der Waals surface area contributed by atoms with Gasteiger partial charge in [-0.1, -0.05) is 11.6 Å². The molecular weight excluding hydrogens is 399 g/mol. The number of amides is 2. The van der Waals surface area contributed by atoms with Crippen LogP contribution in [0.15, 0.2) is 36.5 Å². The quantitative estimate of drug-likeness (QED) is 0.557. The predicted octanol–water partition coefficient (Wildman–Crippen LogP) is 3.68. The number of carbonyl (C=O) groups is 2. The van der Waals surface area contributed by atoms with Gasteiger partial charge in [0.25, 0.3) is 5.91 Å². The third-order valence-electron chi connectivity index (χ3n) is 3.57. The Hall–Kier alpha value is -2.81. The summed E-state index contributed by atoms with van der Waals surface area (Å²) < 4.78 is 42.9. The number of pyridine rings is 1. The summed E-state index contributed by atoms with van der Waals surface area (Å²) >= 11 is 5.86. The van der Waals surface area contributed by atoms with Crippen LogP contribution in [0.4, 0.5) is 13.2 Å². The second kappa shape index (κ2) is 9.41. The first kappa shape index (κ1) is 21.5. The zero-order valence-corrected chi connectivity index (χ0v) is 15.5. The normalized spacial score (nSPS) is 11.0. The van der Waals surface area contributed by atoms with Crippen LogP contribution in [0, 0.1) is 6.92 Å². The van der Waals surface area contributed by atoms with Crippen molar-refractivity contribution in [1.82, 2.24) is 15.8 Å². The molecule has 1 aromatic heterocycles. The summed E-state index contributed by atoms with van der Waals surface area (Å²) in [6.07, 6.45) is -3.33. The number of carbonyl (C=O) groups excluding carboxylic acids is 2. The van der Waals surface area contributed by atoms with Crippen molar-refractivity contribution in [3.8, 4) is 5.75 Å². The average Bonchev–Trinajstić information content (AvgIpc) is 2.64. The van der Waals surface area contributed by atoms with Crippen LogP contribution >= 0.6 is 11.6 Å². The maximum Gasteiger partial charge on any atom is 0.433 e. The molecule has 0 atom stereocenters. The number of alkyl halides is 3. The van der Waals surface area contributed by atoms with Crippen LogP contribution in [-0.2, 0) is 11.0 Å². The Labute approximate surface area is 164 Å². The van der Waals surface area contributed by atoms with Gasteiger partial charge in [0, 0.05) is 17.6 Å². The van der Waals surface area contributed by atoms with Crippen LogP contribution in [0.1, 0.15) is 34.5 Å². The van der Waals surface area contributed by atoms with Crippen molar-refractivity contribution >= 4 is 23.4 Å². The van der Waals surface area contributed by atoms with Crippen LogP contribution in [0.2, 0.25) is 5.02 Å². The SMILES string of the molecule is Cc1cc(Cl)ccc1OCCCC(=O)NNC(=O)c1ccc(C(F)(F)F)nc1. The van der Waals surface area contributed by atoms with E-state index in [2.05, 4.69) is 15.8 Å². The number of benzene rings is 1. The molecule has 0 radical (unpaired) electrons. The minimum absolute atomic E-state index is 0.0815. The van der Waals surface area contributed by atoms with Crippen molar-refractivity contribution in [3.05, 3.63) is 58.4 Å². The molecule has 10 heteroatoms. The topological polar surface area (TPSA) is 80.3 Å². The van der Waals surface area contributed by atoms with E-state index in [-0.39, 0.29) is 18.6 Å². The molecule has 1 aromatic carbocycles. The molecule has 2 rings (SSSR count). The molecule has 2 N–H and O–H groups in total. The second-order valence-corrected chi connectivity index (χ2v) is 6.23. The monoisotopic (exact) mass is 415 g/mol. The van der Waals surface area contributed by atoms with Crippen molar-refractivity contribution in [2.24, 2.45) is 0 Å². The van der Waals surface area contributed by atoms with E-state index in [0.717, 1.165) is 17.8 Å². The third-order valence-corrected chi connectivity index (χ3v) is 3.81. The van der Waals surface area contributed by atoms with Gasteiger partial charge in [-0.15, -0.1) is 0 Å². The Morgan fingerprint density at radius 1 is 1.18 bits per heavy atom. The van der Waals surface area contributed by atoms with Gasteiger partial charge in [0.05, 0.1) is 12.2 Å². The molecule has 0 saturated carbocycles. The molecule has 6 nitrogen and oxygen atoms in total. The van der Waals surface area contributed by atoms with Crippen molar-refractivity contribution in [3.63, 3.8) is 0 Å². The Morgan fingerprint density at radius 2 is 1.93 bits per heavy atom. The van der Waals surface area contributed by atoms with E-state index in [1.54, 1.807) is 18.2 Å². The minimum atomic E-state index is -4.59. The second-order valence-electron chi connectivity index (χ2n) is 5.79. The van der Waals surface area contributed by atoms with E-state index >= 15 is 0 Å². The summed E-state index contributed by atoms with van der Waals surface area (Å²) in [6.45, 7) is 2.13. The summed E-state index contributed by atoms with van der Waals surface area (Å²) in [5.74, 6) is -0.583. The Morgan fingerprint density at radius 3 is 2.54 bits per heavy atom. The van der Waals surface area contributed by atoms with Gasteiger partial charge in [-0.3, -0.25) is 25.4 Å². The number of hydrogen-bond acceptors (Lipinski definition) is 4. The number of aromatic nitrogens is 1. The van der Waals surface area contributed by atoms with Gasteiger partial charge < -0.3 is 4.74 Å². The molecule has 150 valence electrons. The Kier molecular flexibility index (Phi) is 7.22. The lowest BCUT2D eigenvalue weighted by Crippen LogP contribution is -2.41. The van der Waals surface area contributed by atoms with E-state index < -0.39 is 23.7 Å². The molecule has 0 aliphatic carbocycles. The zero-order valence-electron chi connectivity index (χ0n) is 14.8. The fourth-order valence-corrected chi connectivity index (χ4v) is 2.37. The van der Waals surface area contributed by atoms with Crippen LogP contribution in [0.25, 0.3) is 0 Å². The van der Waals surface area contributed by atoms with Gasteiger partial charge in [0.1, 0.15) is 11.4 Å². The van der Waals surface area contributed by atoms with Gasteiger partial charge in [-0.25, -0.2) is 0 Å². The molecule has 0 unspecified atom stereocenters. The molecule has 0 aliphatic rings. The fraction of sp³-hybridized carbons (Fsp3) is 0.278. The molecule has 0 spiro atoms. The molecule has 0 fully saturated rings. The van der Waals surface area contributed by atoms with Crippen molar-refractivity contribution in [1.29, 1.82) is 0 Å². The first-order chi connectivity index (χ1) is 13.2. The molecule has 0 bridgehead atoms. The van der Waals surface area contributed by atoms with Gasteiger partial charge in [-0.05, 0) is 49.2 Å². The number of nitrogens with one attached hydrogen (secondary N) is 2. The van der Waals surface area contributed by atoms with Crippen LogP contribution < -0.4 is 15.6 Å². The highest BCUT2D eigenvalue weighted by atomic mass is 35.5. The maximum atomic E-state index is 12.4. The van der Waals surface area contributed by atoms with Gasteiger partial charge >= 0.3 is 6.18 Å². The van der Waals surface area contributed by atoms with Crippen LogP contribution in [-0.4, -0.2) is 23.4 Å². The predicted molar refractivity (Wildman–Crippen MR) is 95.8 cm³/mol. The number of ether oxygens (including phenoxy) is 1. The third kappa shape index (κ3) is 6.41. The highest BCUT2D eigenvalue weighted by Gasteiger charge is 2.32. The average molecular weight is 416 g/mol. The minimum Gasteiger partial charge on any atom is -0.493 e. The van der Waals surface area contributed by atoms with Crippen molar-refractivity contribution < 1.29 is 27.5 Å². The van der Waals surface area contributed by atoms with Crippen LogP contribution in [0.3, 0.4) is 0 Å². The summed E-state index contributed by atoms with van der Waals surface area (Å²) in [5, 5.41) is 0.600. The fourth-order valence-electron chi connectivity index (χ4n) is 2.15.